The Morgan fingerprint density at radius 3 is 2.59 bits per heavy atom. The van der Waals surface area contributed by atoms with E-state index in [1.54, 1.807) is 24.3 Å². The Bertz CT molecular complexity index is 821. The predicted molar refractivity (Wildman–Crippen MR) is 82.2 cm³/mol. The molecular formula is C16H10ClN3OW. The predicted octanol–water partition coefficient (Wildman–Crippen LogP) is 3.23. The molecule has 0 bridgehead atoms. The number of para-hydroxylation sites is 2. The number of nitrogens with zero attached hydrogens (tertiary/aromatic N) is 2. The van der Waals surface area contributed by atoms with Gasteiger partial charge in [0, 0.05) is 12.0 Å². The summed E-state index contributed by atoms with van der Waals surface area (Å²) in [6, 6.07) is 17.3. The quantitative estimate of drug-likeness (QED) is 0.587. The van der Waals surface area contributed by atoms with E-state index in [1.807, 2.05) is 24.3 Å². The van der Waals surface area contributed by atoms with Gasteiger partial charge in [0.2, 0.25) is 0 Å². The third kappa shape index (κ3) is 3.46. The molecule has 4 nitrogen and oxygen atoms in total. The van der Waals surface area contributed by atoms with Crippen LogP contribution in [-0.4, -0.2) is 9.55 Å². The van der Waals surface area contributed by atoms with Crippen molar-refractivity contribution in [3.63, 3.8) is 0 Å². The molecule has 0 aliphatic carbocycles. The van der Waals surface area contributed by atoms with E-state index < -0.39 is 0 Å². The Morgan fingerprint density at radius 2 is 1.86 bits per heavy atom. The van der Waals surface area contributed by atoms with Crippen molar-refractivity contribution in [1.82, 2.24) is 9.55 Å². The first kappa shape index (κ1) is 16.5. The monoisotopic (exact) mass is 479 g/mol. The number of hydrogen-bond donors (Lipinski definition) is 1. The van der Waals surface area contributed by atoms with Crippen LogP contribution >= 0.6 is 11.6 Å². The summed E-state index contributed by atoms with van der Waals surface area (Å²) in [6.07, 6.45) is 4.07. The molecule has 0 amide bonds. The average Bonchev–Trinajstić information content (AvgIpc) is 2.52. The molecule has 6 heteroatoms. The molecule has 3 rings (SSSR count). The van der Waals surface area contributed by atoms with Gasteiger partial charge in [-0.05, 0) is 18.3 Å². The second-order valence-electron chi connectivity index (χ2n) is 4.27. The molecule has 22 heavy (non-hydrogen) atoms. The fourth-order valence-corrected chi connectivity index (χ4v) is 2.03. The summed E-state index contributed by atoms with van der Waals surface area (Å²) < 4.78 is 1.30. The maximum Gasteiger partial charge on any atom is 2.00 e. The average molecular weight is 480 g/mol. The van der Waals surface area contributed by atoms with Crippen molar-refractivity contribution in [2.24, 2.45) is 0 Å². The van der Waals surface area contributed by atoms with E-state index >= 15 is 0 Å². The Morgan fingerprint density at radius 1 is 1.09 bits per heavy atom. The fraction of sp³-hybridized carbons (Fsp3) is 0. The zero-order valence-corrected chi connectivity index (χ0v) is 15.0. The smallest absolute Gasteiger partial charge is 0.409 e. The van der Waals surface area contributed by atoms with Gasteiger partial charge in [-0.2, -0.15) is 24.3 Å². The standard InChI is InChI=1S/C16H10ClN3O.W/c17-13-8-4-5-9-14(13)19-15-10-18-11-20(16(15)21)12-6-2-1-3-7-12;/h1-6,8-10,19H;/q-2;+2. The van der Waals surface area contributed by atoms with Crippen molar-refractivity contribution in [2.45, 2.75) is 0 Å². The van der Waals surface area contributed by atoms with Crippen LogP contribution in [0.2, 0.25) is 5.02 Å². The van der Waals surface area contributed by atoms with Crippen LogP contribution < -0.4 is 10.9 Å². The number of rotatable bonds is 3. The topological polar surface area (TPSA) is 46.9 Å². The second kappa shape index (κ2) is 7.39. The molecule has 0 unspecified atom stereocenters. The van der Waals surface area contributed by atoms with Gasteiger partial charge in [0.1, 0.15) is 0 Å². The van der Waals surface area contributed by atoms with Gasteiger partial charge in [0.05, 0.1) is 10.7 Å². The van der Waals surface area contributed by atoms with Gasteiger partial charge >= 0.3 is 21.1 Å². The van der Waals surface area contributed by atoms with Gasteiger partial charge in [-0.1, -0.05) is 23.7 Å². The van der Waals surface area contributed by atoms with Crippen LogP contribution in [0.5, 0.6) is 0 Å². The van der Waals surface area contributed by atoms with Crippen molar-refractivity contribution < 1.29 is 21.1 Å². The minimum Gasteiger partial charge on any atom is -0.409 e. The van der Waals surface area contributed by atoms with Gasteiger partial charge in [0.25, 0.3) is 0 Å². The molecule has 2 aromatic carbocycles. The van der Waals surface area contributed by atoms with Gasteiger partial charge in [-0.3, -0.25) is 0 Å². The van der Waals surface area contributed by atoms with Gasteiger partial charge in [-0.15, -0.1) is 5.69 Å². The largest absolute Gasteiger partial charge is 2.00 e. The number of hydrogen-bond acceptors (Lipinski definition) is 3. The van der Waals surface area contributed by atoms with E-state index in [0.717, 1.165) is 0 Å². The molecular weight excluding hydrogens is 469 g/mol. The molecule has 108 valence electrons. The first-order valence-electron chi connectivity index (χ1n) is 6.24. The summed E-state index contributed by atoms with van der Waals surface area (Å²) in [5.74, 6) is 0. The molecule has 1 heterocycles. The molecule has 0 saturated heterocycles. The minimum atomic E-state index is -0.271. The number of benzene rings is 2. The van der Waals surface area contributed by atoms with E-state index in [9.17, 15) is 4.79 Å². The van der Waals surface area contributed by atoms with Gasteiger partial charge < -0.3 is 19.7 Å². The van der Waals surface area contributed by atoms with Crippen LogP contribution in [0.1, 0.15) is 0 Å². The summed E-state index contributed by atoms with van der Waals surface area (Å²) in [5, 5.41) is 3.52. The zero-order valence-electron chi connectivity index (χ0n) is 11.3. The van der Waals surface area contributed by atoms with E-state index in [4.69, 9.17) is 11.6 Å². The number of anilines is 2. The van der Waals surface area contributed by atoms with Crippen LogP contribution in [0.25, 0.3) is 5.69 Å². The summed E-state index contributed by atoms with van der Waals surface area (Å²) in [6.45, 7) is 0. The Kier molecular flexibility index (Phi) is 5.53. The van der Waals surface area contributed by atoms with Crippen molar-refractivity contribution in [3.8, 4) is 5.69 Å². The van der Waals surface area contributed by atoms with Gasteiger partial charge in [-0.25, -0.2) is 6.07 Å². The summed E-state index contributed by atoms with van der Waals surface area (Å²) >= 11 is 6.08. The maximum atomic E-state index is 12.5. The number of aromatic nitrogens is 2. The first-order valence-corrected chi connectivity index (χ1v) is 6.62. The molecule has 1 aromatic heterocycles. The molecule has 0 spiro atoms. The first-order chi connectivity index (χ1) is 10.3. The Balaban J connectivity index is 0.00000176. The van der Waals surface area contributed by atoms with Crippen molar-refractivity contribution in [2.75, 3.05) is 5.32 Å². The molecule has 1 N–H and O–H groups in total. The van der Waals surface area contributed by atoms with Crippen LogP contribution in [0, 0.1) is 12.4 Å². The summed E-state index contributed by atoms with van der Waals surface area (Å²) in [5.41, 5.74) is 1.28. The van der Waals surface area contributed by atoms with E-state index in [0.29, 0.717) is 22.1 Å². The van der Waals surface area contributed by atoms with Crippen LogP contribution in [0.15, 0.2) is 59.5 Å². The van der Waals surface area contributed by atoms with Gasteiger partial charge in [0.15, 0.2) is 5.56 Å². The zero-order chi connectivity index (χ0) is 14.7. The van der Waals surface area contributed by atoms with Crippen LogP contribution in [-0.2, 0) is 21.1 Å². The van der Waals surface area contributed by atoms with E-state index in [1.165, 1.54) is 10.8 Å². The Labute approximate surface area is 147 Å². The molecule has 0 aliphatic heterocycles. The number of nitrogens with one attached hydrogen (secondary N) is 1. The maximum absolute atomic E-state index is 12.5. The second-order valence-corrected chi connectivity index (χ2v) is 4.67. The van der Waals surface area contributed by atoms with E-state index in [-0.39, 0.29) is 26.6 Å². The molecule has 0 radical (unpaired) electrons. The SMILES string of the molecule is O=c1c(Nc2ccccc2Cl)cn[c-]n1-c1[c-]cccc1.[W+2]. The minimum absolute atomic E-state index is 0. The molecule has 0 aliphatic rings. The molecule has 3 aromatic rings. The third-order valence-electron chi connectivity index (χ3n) is 2.86. The fourth-order valence-electron chi connectivity index (χ4n) is 1.85. The van der Waals surface area contributed by atoms with Crippen molar-refractivity contribution in [3.05, 3.63) is 82.5 Å². The van der Waals surface area contributed by atoms with Crippen LogP contribution in [0.4, 0.5) is 11.4 Å². The number of halogens is 1. The normalized spacial score (nSPS) is 9.86. The third-order valence-corrected chi connectivity index (χ3v) is 3.19. The molecule has 0 fully saturated rings. The summed E-state index contributed by atoms with van der Waals surface area (Å²) in [4.78, 5) is 16.4. The molecule has 0 atom stereocenters. The van der Waals surface area contributed by atoms with Crippen molar-refractivity contribution >= 4 is 23.0 Å². The van der Waals surface area contributed by atoms with E-state index in [2.05, 4.69) is 22.7 Å². The molecule has 0 saturated carbocycles. The van der Waals surface area contributed by atoms with Crippen LogP contribution in [0.3, 0.4) is 0 Å². The summed E-state index contributed by atoms with van der Waals surface area (Å²) in [7, 11) is 0. The Hall–Kier alpha value is -1.90. The van der Waals surface area contributed by atoms with Crippen molar-refractivity contribution in [1.29, 1.82) is 0 Å².